The van der Waals surface area contributed by atoms with E-state index in [2.05, 4.69) is 9.72 Å². The Morgan fingerprint density at radius 1 is 1.20 bits per heavy atom. The van der Waals surface area contributed by atoms with E-state index in [1.54, 1.807) is 0 Å². The highest BCUT2D eigenvalue weighted by atomic mass is 35.5. The Balaban J connectivity index is 2.77. The summed E-state index contributed by atoms with van der Waals surface area (Å²) in [4.78, 5) is 15.4. The standard InChI is InChI=1S/C16H16ClF3N2O2Si/c1-24-16(23)15-11(17)13(21)12(20)14(22-15)7-5-9(19)10(6-8(7)18)25(2,3)4/h5-6H,1-4H3,(H2,21,22). The summed E-state index contributed by atoms with van der Waals surface area (Å²) in [6.45, 7) is 5.54. The summed E-state index contributed by atoms with van der Waals surface area (Å²) in [5.74, 6) is -3.66. The molecule has 0 aliphatic carbocycles. The van der Waals surface area contributed by atoms with Crippen LogP contribution in [0.4, 0.5) is 18.9 Å². The fraction of sp³-hybridized carbons (Fsp3) is 0.250. The lowest BCUT2D eigenvalue weighted by Gasteiger charge is -2.19. The molecule has 2 N–H and O–H groups in total. The Bertz CT molecular complexity index is 870. The average molecular weight is 389 g/mol. The van der Waals surface area contributed by atoms with Crippen LogP contribution in [0.1, 0.15) is 10.5 Å². The Hall–Kier alpha value is -2.06. The van der Waals surface area contributed by atoms with E-state index < -0.39 is 59.2 Å². The lowest BCUT2D eigenvalue weighted by molar-refractivity contribution is 0.0594. The molecule has 0 saturated heterocycles. The van der Waals surface area contributed by atoms with Gasteiger partial charge in [-0.1, -0.05) is 31.2 Å². The van der Waals surface area contributed by atoms with Crippen molar-refractivity contribution >= 4 is 36.5 Å². The van der Waals surface area contributed by atoms with E-state index in [0.29, 0.717) is 0 Å². The maximum atomic E-state index is 14.5. The molecular weight excluding hydrogens is 373 g/mol. The van der Waals surface area contributed by atoms with Gasteiger partial charge in [0.2, 0.25) is 0 Å². The molecule has 2 aromatic rings. The first kappa shape index (κ1) is 19.3. The molecule has 0 atom stereocenters. The van der Waals surface area contributed by atoms with Crippen LogP contribution in [0.5, 0.6) is 0 Å². The third-order valence-electron chi connectivity index (χ3n) is 3.61. The summed E-state index contributed by atoms with van der Waals surface area (Å²) in [7, 11) is -1.08. The molecule has 0 unspecified atom stereocenters. The van der Waals surface area contributed by atoms with Gasteiger partial charge in [0.1, 0.15) is 17.3 Å². The molecule has 0 saturated carbocycles. The number of nitrogens with two attached hydrogens (primary N) is 1. The molecule has 1 heterocycles. The van der Waals surface area contributed by atoms with Crippen molar-refractivity contribution < 1.29 is 22.7 Å². The van der Waals surface area contributed by atoms with Gasteiger partial charge in [0.15, 0.2) is 11.5 Å². The fourth-order valence-corrected chi connectivity index (χ4v) is 3.83. The van der Waals surface area contributed by atoms with E-state index in [1.807, 2.05) is 19.6 Å². The van der Waals surface area contributed by atoms with Gasteiger partial charge in [-0.05, 0) is 17.3 Å². The van der Waals surface area contributed by atoms with Crippen molar-refractivity contribution in [1.29, 1.82) is 0 Å². The van der Waals surface area contributed by atoms with Crippen molar-refractivity contribution in [2.24, 2.45) is 0 Å². The van der Waals surface area contributed by atoms with Crippen molar-refractivity contribution in [3.05, 3.63) is 40.3 Å². The van der Waals surface area contributed by atoms with Gasteiger partial charge in [0.05, 0.1) is 25.9 Å². The Labute approximate surface area is 148 Å². The minimum Gasteiger partial charge on any atom is -0.464 e. The number of nitrogens with zero attached hydrogens (tertiary/aromatic N) is 1. The maximum Gasteiger partial charge on any atom is 0.358 e. The second-order valence-corrected chi connectivity index (χ2v) is 11.8. The van der Waals surface area contributed by atoms with E-state index in [0.717, 1.165) is 19.2 Å². The first-order valence-electron chi connectivity index (χ1n) is 7.21. The third-order valence-corrected chi connectivity index (χ3v) is 5.99. The summed E-state index contributed by atoms with van der Waals surface area (Å²) >= 11 is 5.80. The molecule has 1 aromatic heterocycles. The number of methoxy groups -OCH3 is 1. The first-order valence-corrected chi connectivity index (χ1v) is 11.1. The molecule has 0 spiro atoms. The second kappa shape index (κ2) is 6.68. The number of esters is 1. The zero-order valence-electron chi connectivity index (χ0n) is 14.0. The predicted molar refractivity (Wildman–Crippen MR) is 93.3 cm³/mol. The summed E-state index contributed by atoms with van der Waals surface area (Å²) in [5.41, 5.74) is 3.40. The van der Waals surface area contributed by atoms with E-state index >= 15 is 0 Å². The summed E-state index contributed by atoms with van der Waals surface area (Å²) in [6, 6.07) is 1.88. The molecule has 1 aromatic carbocycles. The van der Waals surface area contributed by atoms with Crippen LogP contribution in [0.15, 0.2) is 12.1 Å². The summed E-state index contributed by atoms with van der Waals surface area (Å²) in [5, 5.41) is -0.197. The van der Waals surface area contributed by atoms with Crippen LogP contribution in [0.2, 0.25) is 24.7 Å². The number of carbonyl (C=O) groups is 1. The number of carbonyl (C=O) groups excluding carboxylic acids is 1. The van der Waals surface area contributed by atoms with Gasteiger partial charge in [0, 0.05) is 5.56 Å². The molecular formula is C16H16ClF3N2O2Si. The topological polar surface area (TPSA) is 65.2 Å². The van der Waals surface area contributed by atoms with Crippen molar-refractivity contribution in [2.75, 3.05) is 12.8 Å². The molecule has 9 heteroatoms. The number of pyridine rings is 1. The van der Waals surface area contributed by atoms with Crippen LogP contribution < -0.4 is 10.9 Å². The number of hydrogen-bond donors (Lipinski definition) is 1. The number of hydrogen-bond acceptors (Lipinski definition) is 4. The van der Waals surface area contributed by atoms with Crippen molar-refractivity contribution in [3.8, 4) is 11.3 Å². The van der Waals surface area contributed by atoms with Gasteiger partial charge in [0.25, 0.3) is 0 Å². The van der Waals surface area contributed by atoms with Gasteiger partial charge < -0.3 is 10.5 Å². The second-order valence-electron chi connectivity index (χ2n) is 6.40. The minimum absolute atomic E-state index is 0.254. The van der Waals surface area contributed by atoms with Crippen LogP contribution in [-0.4, -0.2) is 26.1 Å². The van der Waals surface area contributed by atoms with E-state index in [4.69, 9.17) is 17.3 Å². The molecule has 134 valence electrons. The number of anilines is 1. The molecule has 0 amide bonds. The normalized spacial score (nSPS) is 11.5. The molecule has 4 nitrogen and oxygen atoms in total. The smallest absolute Gasteiger partial charge is 0.358 e. The molecule has 0 aliphatic heterocycles. The summed E-state index contributed by atoms with van der Waals surface area (Å²) in [6.07, 6.45) is 0. The third kappa shape index (κ3) is 3.50. The largest absolute Gasteiger partial charge is 0.464 e. The van der Waals surface area contributed by atoms with Crippen LogP contribution in [0, 0.1) is 17.5 Å². The highest BCUT2D eigenvalue weighted by Crippen LogP contribution is 2.33. The molecule has 0 fully saturated rings. The number of ether oxygens (including phenoxy) is 1. The van der Waals surface area contributed by atoms with Crippen molar-refractivity contribution in [1.82, 2.24) is 4.98 Å². The van der Waals surface area contributed by atoms with E-state index in [9.17, 15) is 18.0 Å². The number of nitrogen functional groups attached to an aromatic ring is 1. The zero-order chi connectivity index (χ0) is 19.1. The van der Waals surface area contributed by atoms with Crippen LogP contribution in [0.25, 0.3) is 11.3 Å². The maximum absolute atomic E-state index is 14.5. The zero-order valence-corrected chi connectivity index (χ0v) is 15.8. The Morgan fingerprint density at radius 3 is 2.32 bits per heavy atom. The summed E-state index contributed by atoms with van der Waals surface area (Å²) < 4.78 is 47.9. The molecule has 0 radical (unpaired) electrons. The van der Waals surface area contributed by atoms with Gasteiger partial charge in [-0.15, -0.1) is 0 Å². The van der Waals surface area contributed by atoms with Gasteiger partial charge in [-0.3, -0.25) is 0 Å². The quantitative estimate of drug-likeness (QED) is 0.642. The molecule has 25 heavy (non-hydrogen) atoms. The number of benzene rings is 1. The Morgan fingerprint density at radius 2 is 1.80 bits per heavy atom. The SMILES string of the molecule is COC(=O)c1nc(-c2cc(F)c([Si](C)(C)C)cc2F)c(F)c(N)c1Cl. The van der Waals surface area contributed by atoms with Gasteiger partial charge in [-0.2, -0.15) is 0 Å². The predicted octanol–water partition coefficient (Wildman–Crippen LogP) is 3.73. The number of halogens is 4. The molecule has 0 bridgehead atoms. The first-order chi connectivity index (χ1) is 11.5. The van der Waals surface area contributed by atoms with Crippen molar-refractivity contribution in [3.63, 3.8) is 0 Å². The van der Waals surface area contributed by atoms with Crippen LogP contribution >= 0.6 is 11.6 Å². The van der Waals surface area contributed by atoms with E-state index in [1.165, 1.54) is 0 Å². The number of rotatable bonds is 3. The number of aromatic nitrogens is 1. The van der Waals surface area contributed by atoms with Gasteiger partial charge >= 0.3 is 5.97 Å². The van der Waals surface area contributed by atoms with Gasteiger partial charge in [-0.25, -0.2) is 22.9 Å². The lowest BCUT2D eigenvalue weighted by atomic mass is 10.1. The van der Waals surface area contributed by atoms with Crippen molar-refractivity contribution in [2.45, 2.75) is 19.6 Å². The highest BCUT2D eigenvalue weighted by Gasteiger charge is 2.27. The monoisotopic (exact) mass is 388 g/mol. The average Bonchev–Trinajstić information content (AvgIpc) is 2.53. The van der Waals surface area contributed by atoms with E-state index in [-0.39, 0.29) is 5.19 Å². The lowest BCUT2D eigenvalue weighted by Crippen LogP contribution is -2.40. The minimum atomic E-state index is -2.15. The van der Waals surface area contributed by atoms with Crippen LogP contribution in [-0.2, 0) is 4.74 Å². The highest BCUT2D eigenvalue weighted by molar-refractivity contribution is 6.88. The Kier molecular flexibility index (Phi) is 5.15. The molecule has 0 aliphatic rings. The molecule has 2 rings (SSSR count). The fourth-order valence-electron chi connectivity index (χ4n) is 2.27. The van der Waals surface area contributed by atoms with Crippen LogP contribution in [0.3, 0.4) is 0 Å².